The molecule has 0 saturated carbocycles. The number of pyridine rings is 1. The monoisotopic (exact) mass is 486 g/mol. The summed E-state index contributed by atoms with van der Waals surface area (Å²) in [5, 5.41) is 8.40. The first-order chi connectivity index (χ1) is 16.8. The molecule has 3 heterocycles. The van der Waals surface area contributed by atoms with Crippen molar-refractivity contribution in [2.24, 2.45) is 0 Å². The Kier molecular flexibility index (Phi) is 7.30. The van der Waals surface area contributed by atoms with Gasteiger partial charge in [0.25, 0.3) is 5.89 Å². The summed E-state index contributed by atoms with van der Waals surface area (Å²) in [4.78, 5) is 13.0. The molecular formula is C23H24F2N6O4. The van der Waals surface area contributed by atoms with Crippen LogP contribution in [0.1, 0.15) is 24.7 Å². The molecule has 0 amide bonds. The molecule has 12 heteroatoms. The van der Waals surface area contributed by atoms with Gasteiger partial charge in [-0.3, -0.25) is 0 Å². The van der Waals surface area contributed by atoms with Gasteiger partial charge in [0.2, 0.25) is 17.5 Å². The summed E-state index contributed by atoms with van der Waals surface area (Å²) in [5.41, 5.74) is 1.48. The summed E-state index contributed by atoms with van der Waals surface area (Å²) in [6, 6.07) is 9.65. The zero-order chi connectivity index (χ0) is 24.8. The highest BCUT2D eigenvalue weighted by Gasteiger charge is 2.23. The molecule has 0 aliphatic rings. The summed E-state index contributed by atoms with van der Waals surface area (Å²) in [5.74, 6) is 1.91. The molecule has 0 spiro atoms. The molecular weight excluding hydrogens is 462 g/mol. The van der Waals surface area contributed by atoms with Gasteiger partial charge in [0, 0.05) is 44.9 Å². The van der Waals surface area contributed by atoms with Crippen molar-refractivity contribution < 1.29 is 27.5 Å². The number of rotatable bonds is 11. The van der Waals surface area contributed by atoms with Gasteiger partial charge >= 0.3 is 6.11 Å². The fourth-order valence-corrected chi connectivity index (χ4v) is 3.11. The molecule has 4 rings (SSSR count). The normalized spacial score (nSPS) is 11.6. The molecule has 0 fully saturated rings. The predicted octanol–water partition coefficient (Wildman–Crippen LogP) is 4.15. The summed E-state index contributed by atoms with van der Waals surface area (Å²) in [7, 11) is 1.65. The lowest BCUT2D eigenvalue weighted by atomic mass is 10.2. The van der Waals surface area contributed by atoms with Crippen molar-refractivity contribution in [3.63, 3.8) is 0 Å². The third-order valence-electron chi connectivity index (χ3n) is 4.76. The standard InChI is InChI=1S/C23H24F2N6O4/c1-15-27-21(29-31(15)14-16-5-10-19(26-13-16)33-12-4-11-32-3)22-28-20(30-35-22)17-6-8-18(9-7-17)34-23(2,24)25/h5-10,13H,4,11-12,14H2,1-3H3. The number of nitrogens with zero attached hydrogens (tertiary/aromatic N) is 6. The van der Waals surface area contributed by atoms with Crippen LogP contribution in [0.25, 0.3) is 23.1 Å². The Morgan fingerprint density at radius 3 is 2.51 bits per heavy atom. The minimum atomic E-state index is -3.26. The molecule has 0 bridgehead atoms. The van der Waals surface area contributed by atoms with Crippen LogP contribution in [0.3, 0.4) is 0 Å². The van der Waals surface area contributed by atoms with Gasteiger partial charge in [0.1, 0.15) is 11.6 Å². The molecule has 0 aliphatic heterocycles. The molecule has 3 aromatic heterocycles. The van der Waals surface area contributed by atoms with Crippen LogP contribution in [0, 0.1) is 6.92 Å². The molecule has 0 atom stereocenters. The van der Waals surface area contributed by atoms with Crippen LogP contribution in [0.5, 0.6) is 11.6 Å². The highest BCUT2D eigenvalue weighted by Crippen LogP contribution is 2.25. The van der Waals surface area contributed by atoms with Gasteiger partial charge in [-0.2, -0.15) is 13.8 Å². The molecule has 184 valence electrons. The van der Waals surface area contributed by atoms with Gasteiger partial charge in [-0.1, -0.05) is 11.2 Å². The van der Waals surface area contributed by atoms with Crippen molar-refractivity contribution in [2.75, 3.05) is 20.3 Å². The average Bonchev–Trinajstić information content (AvgIpc) is 3.45. The summed E-state index contributed by atoms with van der Waals surface area (Å²) in [6.45, 7) is 4.10. The molecule has 35 heavy (non-hydrogen) atoms. The Hall–Kier alpha value is -3.93. The molecule has 4 aromatic rings. The first kappa shape index (κ1) is 24.2. The van der Waals surface area contributed by atoms with Crippen LogP contribution in [-0.2, 0) is 11.3 Å². The zero-order valence-corrected chi connectivity index (χ0v) is 19.4. The maximum atomic E-state index is 13.0. The van der Waals surface area contributed by atoms with Crippen molar-refractivity contribution in [1.29, 1.82) is 0 Å². The topological polar surface area (TPSA) is 110 Å². The fraction of sp³-hybridized carbons (Fsp3) is 0.348. The summed E-state index contributed by atoms with van der Waals surface area (Å²) >= 11 is 0. The van der Waals surface area contributed by atoms with Crippen LogP contribution in [-0.4, -0.2) is 56.3 Å². The quantitative estimate of drug-likeness (QED) is 0.289. The fourth-order valence-electron chi connectivity index (χ4n) is 3.11. The number of aromatic nitrogens is 6. The molecule has 1 aromatic carbocycles. The Balaban J connectivity index is 1.41. The minimum Gasteiger partial charge on any atom is -0.478 e. The number of hydrogen-bond donors (Lipinski definition) is 0. The van der Waals surface area contributed by atoms with E-state index < -0.39 is 6.11 Å². The van der Waals surface area contributed by atoms with Crippen LogP contribution in [0.4, 0.5) is 8.78 Å². The highest BCUT2D eigenvalue weighted by atomic mass is 19.3. The Labute approximate surface area is 199 Å². The molecule has 0 saturated heterocycles. The predicted molar refractivity (Wildman–Crippen MR) is 120 cm³/mol. The lowest BCUT2D eigenvalue weighted by molar-refractivity contribution is -0.158. The van der Waals surface area contributed by atoms with Gasteiger partial charge in [-0.15, -0.1) is 5.10 Å². The maximum absolute atomic E-state index is 13.0. The number of hydrogen-bond acceptors (Lipinski definition) is 9. The van der Waals surface area contributed by atoms with Gasteiger partial charge in [0.05, 0.1) is 13.2 Å². The zero-order valence-electron chi connectivity index (χ0n) is 19.4. The van der Waals surface area contributed by atoms with E-state index in [9.17, 15) is 8.78 Å². The van der Waals surface area contributed by atoms with E-state index in [1.165, 1.54) is 12.1 Å². The number of halogens is 2. The smallest absolute Gasteiger partial charge is 0.394 e. The third-order valence-corrected chi connectivity index (χ3v) is 4.76. The first-order valence-electron chi connectivity index (χ1n) is 10.8. The van der Waals surface area contributed by atoms with Gasteiger partial charge < -0.3 is 18.7 Å². The van der Waals surface area contributed by atoms with Crippen molar-refractivity contribution >= 4 is 0 Å². The molecule has 0 unspecified atom stereocenters. The molecule has 0 aliphatic carbocycles. The van der Waals surface area contributed by atoms with Crippen LogP contribution >= 0.6 is 0 Å². The number of alkyl halides is 2. The Morgan fingerprint density at radius 2 is 1.83 bits per heavy atom. The van der Waals surface area contributed by atoms with E-state index in [-0.39, 0.29) is 23.3 Å². The second-order valence-corrected chi connectivity index (χ2v) is 7.70. The SMILES string of the molecule is COCCCOc1ccc(Cn2nc(-c3nc(-c4ccc(OC(C)(F)F)cc4)no3)nc2C)cn1. The van der Waals surface area contributed by atoms with E-state index in [2.05, 4.69) is 29.9 Å². The van der Waals surface area contributed by atoms with E-state index in [0.29, 0.717) is 44.0 Å². The van der Waals surface area contributed by atoms with Gasteiger partial charge in [-0.25, -0.2) is 14.6 Å². The number of methoxy groups -OCH3 is 1. The van der Waals surface area contributed by atoms with E-state index >= 15 is 0 Å². The molecule has 10 nitrogen and oxygen atoms in total. The van der Waals surface area contributed by atoms with Crippen molar-refractivity contribution in [3.8, 4) is 34.7 Å². The van der Waals surface area contributed by atoms with E-state index in [0.717, 1.165) is 12.0 Å². The largest absolute Gasteiger partial charge is 0.478 e. The lowest BCUT2D eigenvalue weighted by Gasteiger charge is -2.12. The van der Waals surface area contributed by atoms with Crippen LogP contribution in [0.2, 0.25) is 0 Å². The van der Waals surface area contributed by atoms with E-state index in [1.54, 1.807) is 36.2 Å². The molecule has 0 N–H and O–H groups in total. The van der Waals surface area contributed by atoms with Crippen LogP contribution in [0.15, 0.2) is 47.1 Å². The number of ether oxygens (including phenoxy) is 3. The third kappa shape index (κ3) is 6.57. The van der Waals surface area contributed by atoms with E-state index in [4.69, 9.17) is 14.0 Å². The Bertz CT molecular complexity index is 1240. The van der Waals surface area contributed by atoms with Crippen LogP contribution < -0.4 is 9.47 Å². The number of aryl methyl sites for hydroxylation is 1. The summed E-state index contributed by atoms with van der Waals surface area (Å²) in [6.07, 6.45) is -0.756. The second-order valence-electron chi connectivity index (χ2n) is 7.70. The van der Waals surface area contributed by atoms with Crippen molar-refractivity contribution in [3.05, 3.63) is 54.0 Å². The average molecular weight is 486 g/mol. The first-order valence-corrected chi connectivity index (χ1v) is 10.8. The second kappa shape index (κ2) is 10.6. The van der Waals surface area contributed by atoms with Gasteiger partial charge in [-0.05, 0) is 36.8 Å². The Morgan fingerprint density at radius 1 is 1.03 bits per heavy atom. The maximum Gasteiger partial charge on any atom is 0.394 e. The molecule has 0 radical (unpaired) electrons. The van der Waals surface area contributed by atoms with Crippen molar-refractivity contribution in [2.45, 2.75) is 32.9 Å². The lowest BCUT2D eigenvalue weighted by Crippen LogP contribution is -2.18. The number of benzene rings is 1. The van der Waals surface area contributed by atoms with Gasteiger partial charge in [0.15, 0.2) is 0 Å². The van der Waals surface area contributed by atoms with E-state index in [1.807, 2.05) is 13.0 Å². The highest BCUT2D eigenvalue weighted by molar-refractivity contribution is 5.57. The summed E-state index contributed by atoms with van der Waals surface area (Å²) < 4.78 is 48.1. The van der Waals surface area contributed by atoms with Crippen molar-refractivity contribution in [1.82, 2.24) is 29.9 Å². The minimum absolute atomic E-state index is 0.0289.